The van der Waals surface area contributed by atoms with Crippen LogP contribution in [-0.4, -0.2) is 27.7 Å². The maximum absolute atomic E-state index is 12.7. The Morgan fingerprint density at radius 1 is 1.15 bits per heavy atom. The van der Waals surface area contributed by atoms with Crippen molar-refractivity contribution in [3.05, 3.63) is 64.2 Å². The van der Waals surface area contributed by atoms with Crippen molar-refractivity contribution in [3.8, 4) is 0 Å². The van der Waals surface area contributed by atoms with Crippen LogP contribution in [0.4, 0.5) is 5.69 Å². The highest BCUT2D eigenvalue weighted by Crippen LogP contribution is 2.26. The number of hydrogen-bond donors (Lipinski definition) is 2. The van der Waals surface area contributed by atoms with E-state index in [1.165, 1.54) is 6.07 Å². The summed E-state index contributed by atoms with van der Waals surface area (Å²) in [4.78, 5) is 29.3. The standard InChI is InChI=1S/C18H16Cl2N4O2/c1-2-8-21-18(26)16-23-15(14-5-3-4-9-24(14)16)17(25)22-13-7-6-11(19)10-12(13)20/h3-7,9-10H,2,8H2,1H3,(H,21,26)(H,22,25). The summed E-state index contributed by atoms with van der Waals surface area (Å²) in [6.45, 7) is 2.49. The first-order valence-corrected chi connectivity index (χ1v) is 8.78. The zero-order valence-electron chi connectivity index (χ0n) is 13.9. The van der Waals surface area contributed by atoms with E-state index in [-0.39, 0.29) is 17.4 Å². The monoisotopic (exact) mass is 390 g/mol. The number of anilines is 1. The number of nitrogens with zero attached hydrogens (tertiary/aromatic N) is 2. The fourth-order valence-electron chi connectivity index (χ4n) is 2.46. The van der Waals surface area contributed by atoms with Crippen molar-refractivity contribution in [1.82, 2.24) is 14.7 Å². The lowest BCUT2D eigenvalue weighted by Gasteiger charge is -2.06. The minimum absolute atomic E-state index is 0.137. The number of fused-ring (bicyclic) bond motifs is 1. The highest BCUT2D eigenvalue weighted by atomic mass is 35.5. The Kier molecular flexibility index (Phi) is 5.44. The molecule has 0 unspecified atom stereocenters. The third kappa shape index (κ3) is 3.66. The topological polar surface area (TPSA) is 75.5 Å². The van der Waals surface area contributed by atoms with E-state index >= 15 is 0 Å². The van der Waals surface area contributed by atoms with Crippen LogP contribution in [0, 0.1) is 0 Å². The number of amides is 2. The number of carbonyl (C=O) groups is 2. The summed E-state index contributed by atoms with van der Waals surface area (Å²) in [5.41, 5.74) is 1.07. The van der Waals surface area contributed by atoms with E-state index in [9.17, 15) is 9.59 Å². The summed E-state index contributed by atoms with van der Waals surface area (Å²) in [6.07, 6.45) is 2.49. The molecule has 0 atom stereocenters. The van der Waals surface area contributed by atoms with E-state index in [1.54, 1.807) is 40.9 Å². The van der Waals surface area contributed by atoms with Gasteiger partial charge in [0.05, 0.1) is 16.2 Å². The molecular weight excluding hydrogens is 375 g/mol. The van der Waals surface area contributed by atoms with Crippen LogP contribution in [0.25, 0.3) is 5.52 Å². The molecule has 0 aliphatic rings. The summed E-state index contributed by atoms with van der Waals surface area (Å²) in [5, 5.41) is 6.26. The molecule has 26 heavy (non-hydrogen) atoms. The first kappa shape index (κ1) is 18.2. The van der Waals surface area contributed by atoms with Gasteiger partial charge < -0.3 is 10.6 Å². The summed E-state index contributed by atoms with van der Waals surface area (Å²) < 4.78 is 1.59. The van der Waals surface area contributed by atoms with Gasteiger partial charge in [-0.3, -0.25) is 14.0 Å². The molecule has 0 aliphatic heterocycles. The molecule has 8 heteroatoms. The first-order valence-electron chi connectivity index (χ1n) is 8.03. The van der Waals surface area contributed by atoms with Gasteiger partial charge in [0.25, 0.3) is 11.8 Å². The van der Waals surface area contributed by atoms with Gasteiger partial charge >= 0.3 is 0 Å². The average Bonchev–Trinajstić information content (AvgIpc) is 3.02. The lowest BCUT2D eigenvalue weighted by molar-refractivity contribution is 0.0942. The third-order valence-electron chi connectivity index (χ3n) is 3.68. The SMILES string of the molecule is CCCNC(=O)c1nc(C(=O)Nc2ccc(Cl)cc2Cl)c2ccccn12. The molecule has 0 radical (unpaired) electrons. The average molecular weight is 391 g/mol. The lowest BCUT2D eigenvalue weighted by atomic mass is 10.3. The van der Waals surface area contributed by atoms with Gasteiger partial charge in [-0.25, -0.2) is 4.98 Å². The van der Waals surface area contributed by atoms with Gasteiger partial charge in [0, 0.05) is 17.8 Å². The molecule has 0 bridgehead atoms. The molecule has 0 spiro atoms. The largest absolute Gasteiger partial charge is 0.349 e. The smallest absolute Gasteiger partial charge is 0.287 e. The van der Waals surface area contributed by atoms with Gasteiger partial charge in [-0.15, -0.1) is 0 Å². The van der Waals surface area contributed by atoms with Crippen molar-refractivity contribution in [2.45, 2.75) is 13.3 Å². The Morgan fingerprint density at radius 3 is 2.69 bits per heavy atom. The Labute approximate surface area is 160 Å². The van der Waals surface area contributed by atoms with Gasteiger partial charge in [0.2, 0.25) is 5.82 Å². The normalized spacial score (nSPS) is 10.7. The van der Waals surface area contributed by atoms with Crippen LogP contribution in [0.5, 0.6) is 0 Å². The van der Waals surface area contributed by atoms with Crippen LogP contribution in [0.1, 0.15) is 34.5 Å². The van der Waals surface area contributed by atoms with E-state index in [4.69, 9.17) is 23.2 Å². The van der Waals surface area contributed by atoms with E-state index in [0.29, 0.717) is 27.8 Å². The summed E-state index contributed by atoms with van der Waals surface area (Å²) >= 11 is 12.0. The minimum Gasteiger partial charge on any atom is -0.349 e. The second-order valence-corrected chi connectivity index (χ2v) is 6.42. The van der Waals surface area contributed by atoms with Crippen LogP contribution in [0.3, 0.4) is 0 Å². The Bertz CT molecular complexity index is 984. The van der Waals surface area contributed by atoms with E-state index in [1.807, 2.05) is 6.92 Å². The van der Waals surface area contributed by atoms with Crippen LogP contribution in [-0.2, 0) is 0 Å². The van der Waals surface area contributed by atoms with E-state index in [0.717, 1.165) is 6.42 Å². The zero-order chi connectivity index (χ0) is 18.7. The summed E-state index contributed by atoms with van der Waals surface area (Å²) in [7, 11) is 0. The maximum atomic E-state index is 12.7. The van der Waals surface area contributed by atoms with Gasteiger partial charge in [0.1, 0.15) is 0 Å². The van der Waals surface area contributed by atoms with Crippen molar-refractivity contribution in [3.63, 3.8) is 0 Å². The number of nitrogens with one attached hydrogen (secondary N) is 2. The predicted molar refractivity (Wildman–Crippen MR) is 102 cm³/mol. The van der Waals surface area contributed by atoms with Gasteiger partial charge in [0.15, 0.2) is 5.69 Å². The molecule has 6 nitrogen and oxygen atoms in total. The second-order valence-electron chi connectivity index (χ2n) is 5.57. The molecule has 2 N–H and O–H groups in total. The maximum Gasteiger partial charge on any atom is 0.287 e. The molecule has 2 aromatic heterocycles. The van der Waals surface area contributed by atoms with Gasteiger partial charge in [-0.2, -0.15) is 0 Å². The number of aromatic nitrogens is 2. The number of rotatable bonds is 5. The third-order valence-corrected chi connectivity index (χ3v) is 4.23. The van der Waals surface area contributed by atoms with Crippen LogP contribution in [0.15, 0.2) is 42.6 Å². The van der Waals surface area contributed by atoms with Crippen LogP contribution < -0.4 is 10.6 Å². The second kappa shape index (κ2) is 7.76. The number of carbonyl (C=O) groups excluding carboxylic acids is 2. The molecule has 134 valence electrons. The molecule has 3 aromatic rings. The molecule has 2 amide bonds. The van der Waals surface area contributed by atoms with Crippen LogP contribution in [0.2, 0.25) is 10.0 Å². The highest BCUT2D eigenvalue weighted by molar-refractivity contribution is 6.36. The quantitative estimate of drug-likeness (QED) is 0.690. The zero-order valence-corrected chi connectivity index (χ0v) is 15.4. The van der Waals surface area contributed by atoms with Crippen molar-refractivity contribution >= 4 is 46.2 Å². The molecule has 0 aliphatic carbocycles. The molecular formula is C18H16Cl2N4O2. The number of pyridine rings is 1. The molecule has 1 aromatic carbocycles. The Morgan fingerprint density at radius 2 is 1.96 bits per heavy atom. The molecule has 0 saturated heterocycles. The van der Waals surface area contributed by atoms with Crippen LogP contribution >= 0.6 is 23.2 Å². The molecule has 2 heterocycles. The highest BCUT2D eigenvalue weighted by Gasteiger charge is 2.21. The summed E-state index contributed by atoms with van der Waals surface area (Å²) in [6, 6.07) is 10.0. The predicted octanol–water partition coefficient (Wildman–Crippen LogP) is 4.03. The summed E-state index contributed by atoms with van der Waals surface area (Å²) in [5.74, 6) is -0.648. The molecule has 0 fully saturated rings. The Hall–Kier alpha value is -2.57. The number of halogens is 2. The number of benzene rings is 1. The fraction of sp³-hybridized carbons (Fsp3) is 0.167. The van der Waals surface area contributed by atoms with Crippen molar-refractivity contribution in [2.24, 2.45) is 0 Å². The molecule has 0 saturated carbocycles. The fourth-order valence-corrected chi connectivity index (χ4v) is 2.91. The van der Waals surface area contributed by atoms with E-state index in [2.05, 4.69) is 15.6 Å². The van der Waals surface area contributed by atoms with Gasteiger partial charge in [-0.1, -0.05) is 36.2 Å². The minimum atomic E-state index is -0.465. The first-order chi connectivity index (χ1) is 12.5. The van der Waals surface area contributed by atoms with E-state index < -0.39 is 5.91 Å². The molecule has 3 rings (SSSR count). The number of hydrogen-bond acceptors (Lipinski definition) is 3. The van der Waals surface area contributed by atoms with Crippen molar-refractivity contribution in [1.29, 1.82) is 0 Å². The Balaban J connectivity index is 1.96. The lowest BCUT2D eigenvalue weighted by Crippen LogP contribution is -2.26. The van der Waals surface area contributed by atoms with Crippen molar-refractivity contribution in [2.75, 3.05) is 11.9 Å². The van der Waals surface area contributed by atoms with Crippen molar-refractivity contribution < 1.29 is 9.59 Å². The van der Waals surface area contributed by atoms with Gasteiger partial charge in [-0.05, 0) is 36.8 Å². The number of imidazole rings is 1.